The number of amides is 2. The Bertz CT molecular complexity index is 1200. The fraction of sp³-hybridized carbons (Fsp3) is 0.348. The van der Waals surface area contributed by atoms with E-state index in [0.717, 1.165) is 17.7 Å². The zero-order chi connectivity index (χ0) is 23.7. The largest absolute Gasteiger partial charge is 0.442 e. The van der Waals surface area contributed by atoms with E-state index in [0.29, 0.717) is 24.5 Å². The van der Waals surface area contributed by atoms with Gasteiger partial charge >= 0.3 is 6.09 Å². The van der Waals surface area contributed by atoms with Crippen molar-refractivity contribution in [2.24, 2.45) is 0 Å². The summed E-state index contributed by atoms with van der Waals surface area (Å²) < 4.78 is 22.2. The predicted molar refractivity (Wildman–Crippen MR) is 122 cm³/mol. The molecule has 5 rings (SSSR count). The highest BCUT2D eigenvalue weighted by molar-refractivity contribution is 5.90. The van der Waals surface area contributed by atoms with Gasteiger partial charge in [-0.15, -0.1) is 0 Å². The number of rotatable bonds is 6. The lowest BCUT2D eigenvalue weighted by molar-refractivity contribution is -0.119. The Balaban J connectivity index is 1.25. The molecule has 4 heterocycles. The van der Waals surface area contributed by atoms with Gasteiger partial charge < -0.3 is 15.0 Å². The Morgan fingerprint density at radius 3 is 2.91 bits per heavy atom. The lowest BCUT2D eigenvalue weighted by Gasteiger charge is -2.21. The van der Waals surface area contributed by atoms with E-state index in [9.17, 15) is 9.59 Å². The van der Waals surface area contributed by atoms with E-state index in [1.807, 2.05) is 15.8 Å². The third-order valence-electron chi connectivity index (χ3n) is 6.03. The summed E-state index contributed by atoms with van der Waals surface area (Å²) in [6, 6.07) is 4.86. The van der Waals surface area contributed by atoms with Crippen LogP contribution in [0.15, 0.2) is 49.2 Å². The first-order valence-corrected chi connectivity index (χ1v) is 11.1. The minimum absolute atomic E-state index is 0.104. The van der Waals surface area contributed by atoms with E-state index in [4.69, 9.17) is 4.74 Å². The number of hydrogen-bond acceptors (Lipinski definition) is 7. The van der Waals surface area contributed by atoms with E-state index in [1.165, 1.54) is 17.9 Å². The van der Waals surface area contributed by atoms with Crippen LogP contribution in [0.5, 0.6) is 0 Å². The molecule has 2 aliphatic rings. The number of halogens is 1. The van der Waals surface area contributed by atoms with Gasteiger partial charge in [0.05, 0.1) is 48.6 Å². The highest BCUT2D eigenvalue weighted by Gasteiger charge is 2.33. The fourth-order valence-corrected chi connectivity index (χ4v) is 4.31. The van der Waals surface area contributed by atoms with Crippen molar-refractivity contribution in [3.05, 3.63) is 55.0 Å². The minimum Gasteiger partial charge on any atom is -0.442 e. The van der Waals surface area contributed by atoms with Crippen molar-refractivity contribution in [2.75, 3.05) is 36.0 Å². The van der Waals surface area contributed by atoms with E-state index >= 15 is 4.39 Å². The summed E-state index contributed by atoms with van der Waals surface area (Å²) in [7, 11) is 0. The number of cyclic esters (lactones) is 1. The van der Waals surface area contributed by atoms with Gasteiger partial charge in [-0.1, -0.05) is 0 Å². The maximum Gasteiger partial charge on any atom is 0.414 e. The van der Waals surface area contributed by atoms with Crippen LogP contribution in [0.25, 0.3) is 11.3 Å². The molecule has 0 bridgehead atoms. The number of hydrogen-bond donors (Lipinski definition) is 1. The van der Waals surface area contributed by atoms with Crippen LogP contribution in [-0.2, 0) is 9.53 Å². The van der Waals surface area contributed by atoms with Gasteiger partial charge in [0, 0.05) is 44.2 Å². The van der Waals surface area contributed by atoms with Gasteiger partial charge in [-0.05, 0) is 24.6 Å². The number of nitrogens with one attached hydrogen (secondary N) is 1. The monoisotopic (exact) mass is 465 g/mol. The molecule has 2 aromatic heterocycles. The van der Waals surface area contributed by atoms with Crippen molar-refractivity contribution >= 4 is 23.4 Å². The van der Waals surface area contributed by atoms with Crippen LogP contribution >= 0.6 is 0 Å². The van der Waals surface area contributed by atoms with Crippen LogP contribution in [0, 0.1) is 5.82 Å². The molecule has 0 aliphatic carbocycles. The van der Waals surface area contributed by atoms with Gasteiger partial charge in [0.1, 0.15) is 11.9 Å². The van der Waals surface area contributed by atoms with Crippen LogP contribution in [0.1, 0.15) is 19.4 Å². The van der Waals surface area contributed by atoms with Crippen LogP contribution in [0.3, 0.4) is 0 Å². The molecular weight excluding hydrogens is 441 g/mol. The molecule has 2 amide bonds. The highest BCUT2D eigenvalue weighted by Crippen LogP contribution is 2.32. The molecule has 176 valence electrons. The Morgan fingerprint density at radius 2 is 2.15 bits per heavy atom. The van der Waals surface area contributed by atoms with Gasteiger partial charge in [-0.2, -0.15) is 5.10 Å². The summed E-state index contributed by atoms with van der Waals surface area (Å²) in [6.45, 7) is 3.17. The van der Waals surface area contributed by atoms with Gasteiger partial charge in [-0.25, -0.2) is 9.18 Å². The van der Waals surface area contributed by atoms with Crippen molar-refractivity contribution in [3.63, 3.8) is 0 Å². The molecule has 0 spiro atoms. The van der Waals surface area contributed by atoms with Crippen LogP contribution < -0.4 is 15.1 Å². The minimum atomic E-state index is -0.554. The lowest BCUT2D eigenvalue weighted by Crippen LogP contribution is -2.33. The Hall–Kier alpha value is -4.02. The van der Waals surface area contributed by atoms with E-state index < -0.39 is 18.0 Å². The number of carbonyl (C=O) groups excluding carboxylic acids is 2. The smallest absolute Gasteiger partial charge is 0.414 e. The molecule has 0 radical (unpaired) electrons. The van der Waals surface area contributed by atoms with Gasteiger partial charge in [-0.3, -0.25) is 24.3 Å². The maximum absolute atomic E-state index is 15.1. The fourth-order valence-electron chi connectivity index (χ4n) is 4.31. The maximum atomic E-state index is 15.1. The molecule has 34 heavy (non-hydrogen) atoms. The molecule has 1 aromatic carbocycles. The van der Waals surface area contributed by atoms with Crippen molar-refractivity contribution < 1.29 is 18.7 Å². The molecule has 11 heteroatoms. The molecule has 0 saturated carbocycles. The van der Waals surface area contributed by atoms with Gasteiger partial charge in [0.2, 0.25) is 5.91 Å². The topological polar surface area (TPSA) is 105 Å². The molecule has 2 saturated heterocycles. The zero-order valence-electron chi connectivity index (χ0n) is 18.6. The van der Waals surface area contributed by atoms with Gasteiger partial charge in [0.15, 0.2) is 0 Å². The second-order valence-corrected chi connectivity index (χ2v) is 8.38. The summed E-state index contributed by atoms with van der Waals surface area (Å²) in [5.41, 5.74) is 2.55. The molecule has 3 aromatic rings. The van der Waals surface area contributed by atoms with Gasteiger partial charge in [0.25, 0.3) is 0 Å². The Labute approximate surface area is 195 Å². The SMILES string of the molecule is CC(=O)NC[C@H]1CN(c2ccc(N3CC[C@@H](n4cc(-c5cnccn5)cn4)C3)c(F)c2)C(=O)O1. The van der Waals surface area contributed by atoms with Crippen LogP contribution in [0.2, 0.25) is 0 Å². The summed E-state index contributed by atoms with van der Waals surface area (Å²) in [4.78, 5) is 35.1. The standard InChI is InChI=1S/C23H24FN7O3/c1-15(32)27-10-19-14-30(23(33)34-19)17-2-3-22(20(24)8-17)29-7-4-18(13-29)31-12-16(9-28-31)21-11-25-5-6-26-21/h2-3,5-6,8-9,11-12,18-19H,4,7,10,13-14H2,1H3,(H,27,32)/t18-,19+/m1/s1. The molecule has 0 unspecified atom stereocenters. The molecule has 2 atom stereocenters. The molecule has 10 nitrogen and oxygen atoms in total. The van der Waals surface area contributed by atoms with E-state index in [-0.39, 0.29) is 25.0 Å². The number of nitrogens with zero attached hydrogens (tertiary/aromatic N) is 6. The molecule has 1 N–H and O–H groups in total. The molecule has 2 aliphatic heterocycles. The second-order valence-electron chi connectivity index (χ2n) is 8.38. The molecular formula is C23H24FN7O3. The number of carbonyl (C=O) groups is 2. The number of anilines is 2. The summed E-state index contributed by atoms with van der Waals surface area (Å²) >= 11 is 0. The number of benzene rings is 1. The van der Waals surface area contributed by atoms with Crippen molar-refractivity contribution in [1.29, 1.82) is 0 Å². The number of ether oxygens (including phenoxy) is 1. The average molecular weight is 465 g/mol. The summed E-state index contributed by atoms with van der Waals surface area (Å²) in [6.07, 6.45) is 8.45. The summed E-state index contributed by atoms with van der Waals surface area (Å²) in [5, 5.41) is 7.11. The van der Waals surface area contributed by atoms with Crippen LogP contribution in [-0.4, -0.2) is 64.0 Å². The van der Waals surface area contributed by atoms with Crippen molar-refractivity contribution in [3.8, 4) is 11.3 Å². The first-order valence-electron chi connectivity index (χ1n) is 11.1. The quantitative estimate of drug-likeness (QED) is 0.596. The third kappa shape index (κ3) is 4.41. The predicted octanol–water partition coefficient (Wildman–Crippen LogP) is 2.39. The lowest BCUT2D eigenvalue weighted by atomic mass is 10.2. The Morgan fingerprint density at radius 1 is 1.26 bits per heavy atom. The average Bonchev–Trinajstić information content (AvgIpc) is 3.58. The van der Waals surface area contributed by atoms with Crippen LogP contribution in [0.4, 0.5) is 20.6 Å². The first kappa shape index (κ1) is 21.8. The molecule has 2 fully saturated rings. The van der Waals surface area contributed by atoms with Crippen molar-refractivity contribution in [2.45, 2.75) is 25.5 Å². The van der Waals surface area contributed by atoms with E-state index in [1.54, 1.807) is 36.9 Å². The Kier molecular flexibility index (Phi) is 5.83. The summed E-state index contributed by atoms with van der Waals surface area (Å²) in [5.74, 6) is -0.606. The van der Waals surface area contributed by atoms with E-state index in [2.05, 4.69) is 20.4 Å². The normalized spacial score (nSPS) is 20.0. The second kappa shape index (κ2) is 9.08. The third-order valence-corrected chi connectivity index (χ3v) is 6.03. The van der Waals surface area contributed by atoms with Crippen molar-refractivity contribution in [1.82, 2.24) is 25.1 Å². The zero-order valence-corrected chi connectivity index (χ0v) is 18.6. The highest BCUT2D eigenvalue weighted by atomic mass is 19.1. The number of aromatic nitrogens is 4. The first-order chi connectivity index (χ1) is 16.5.